The lowest BCUT2D eigenvalue weighted by molar-refractivity contribution is 0.102. The SMILES string of the molecule is O=C(Nc1ccc(C#CCO)c(F)c1)c1ccc(F)cn1. The molecular formula is C15H10F2N2O2. The number of hydrogen-bond acceptors (Lipinski definition) is 3. The first kappa shape index (κ1) is 14.6. The highest BCUT2D eigenvalue weighted by molar-refractivity contribution is 6.02. The van der Waals surface area contributed by atoms with Crippen LogP contribution in [-0.4, -0.2) is 22.6 Å². The van der Waals surface area contributed by atoms with Gasteiger partial charge in [-0.1, -0.05) is 11.8 Å². The van der Waals surface area contributed by atoms with Crippen molar-refractivity contribution in [1.29, 1.82) is 0 Å². The fraction of sp³-hybridized carbons (Fsp3) is 0.0667. The van der Waals surface area contributed by atoms with Crippen LogP contribution in [0.5, 0.6) is 0 Å². The predicted octanol–water partition coefficient (Wildman–Crippen LogP) is 1.96. The second-order valence-corrected chi connectivity index (χ2v) is 3.97. The number of nitrogens with zero attached hydrogens (tertiary/aromatic N) is 1. The Morgan fingerprint density at radius 3 is 2.71 bits per heavy atom. The van der Waals surface area contributed by atoms with Crippen LogP contribution in [0.25, 0.3) is 0 Å². The number of aliphatic hydroxyl groups excluding tert-OH is 1. The molecule has 1 heterocycles. The number of hydrogen-bond donors (Lipinski definition) is 2. The molecule has 2 aromatic rings. The number of halogens is 2. The van der Waals surface area contributed by atoms with Gasteiger partial charge in [0, 0.05) is 5.69 Å². The van der Waals surface area contributed by atoms with Crippen molar-refractivity contribution in [2.75, 3.05) is 11.9 Å². The maximum absolute atomic E-state index is 13.7. The molecule has 0 aliphatic carbocycles. The average Bonchev–Trinajstić information content (AvgIpc) is 2.47. The molecule has 106 valence electrons. The molecule has 0 saturated heterocycles. The van der Waals surface area contributed by atoms with E-state index in [9.17, 15) is 13.6 Å². The van der Waals surface area contributed by atoms with E-state index in [4.69, 9.17) is 5.11 Å². The van der Waals surface area contributed by atoms with Crippen molar-refractivity contribution in [1.82, 2.24) is 4.98 Å². The summed E-state index contributed by atoms with van der Waals surface area (Å²) in [7, 11) is 0. The Balaban J connectivity index is 2.14. The fourth-order valence-corrected chi connectivity index (χ4v) is 1.53. The quantitative estimate of drug-likeness (QED) is 0.830. The first-order valence-electron chi connectivity index (χ1n) is 5.92. The van der Waals surface area contributed by atoms with E-state index in [1.54, 1.807) is 0 Å². The van der Waals surface area contributed by atoms with Crippen LogP contribution < -0.4 is 5.32 Å². The van der Waals surface area contributed by atoms with E-state index in [2.05, 4.69) is 22.1 Å². The van der Waals surface area contributed by atoms with Gasteiger partial charge in [0.15, 0.2) is 0 Å². The number of benzene rings is 1. The van der Waals surface area contributed by atoms with Gasteiger partial charge in [0.2, 0.25) is 0 Å². The second-order valence-electron chi connectivity index (χ2n) is 3.97. The van der Waals surface area contributed by atoms with Gasteiger partial charge < -0.3 is 10.4 Å². The summed E-state index contributed by atoms with van der Waals surface area (Å²) in [5, 5.41) is 11.0. The third-order valence-corrected chi connectivity index (χ3v) is 2.49. The normalized spacial score (nSPS) is 9.67. The highest BCUT2D eigenvalue weighted by atomic mass is 19.1. The van der Waals surface area contributed by atoms with E-state index in [-0.39, 0.29) is 23.6 Å². The standard InChI is InChI=1S/C15H10F2N2O2/c16-11-4-6-14(18-9-11)15(21)19-12-5-3-10(2-1-7-20)13(17)8-12/h3-6,8-9,20H,7H2,(H,19,21). The molecule has 1 aromatic heterocycles. The molecule has 6 heteroatoms. The smallest absolute Gasteiger partial charge is 0.274 e. The summed E-state index contributed by atoms with van der Waals surface area (Å²) < 4.78 is 26.4. The number of nitrogens with one attached hydrogen (secondary N) is 1. The minimum absolute atomic E-state index is 0.0148. The number of anilines is 1. The summed E-state index contributed by atoms with van der Waals surface area (Å²) in [6, 6.07) is 6.28. The van der Waals surface area contributed by atoms with Gasteiger partial charge in [-0.25, -0.2) is 13.8 Å². The molecule has 0 fully saturated rings. The molecule has 0 saturated carbocycles. The van der Waals surface area contributed by atoms with Crippen LogP contribution >= 0.6 is 0 Å². The molecule has 0 aliphatic rings. The molecule has 0 aliphatic heterocycles. The largest absolute Gasteiger partial charge is 0.384 e. The van der Waals surface area contributed by atoms with Gasteiger partial charge in [0.1, 0.15) is 23.9 Å². The zero-order valence-corrected chi connectivity index (χ0v) is 10.7. The highest BCUT2D eigenvalue weighted by Gasteiger charge is 2.09. The molecule has 1 amide bonds. The molecule has 1 aromatic carbocycles. The molecule has 4 nitrogen and oxygen atoms in total. The first-order chi connectivity index (χ1) is 10.1. The van der Waals surface area contributed by atoms with Crippen LogP contribution in [0.1, 0.15) is 16.1 Å². The number of amides is 1. The van der Waals surface area contributed by atoms with E-state index < -0.39 is 17.5 Å². The summed E-state index contributed by atoms with van der Waals surface area (Å²) in [6.07, 6.45) is 0.920. The number of carbonyl (C=O) groups excluding carboxylic acids is 1. The molecule has 0 unspecified atom stereocenters. The lowest BCUT2D eigenvalue weighted by Crippen LogP contribution is -2.13. The minimum atomic E-state index is -0.624. The lowest BCUT2D eigenvalue weighted by atomic mass is 10.2. The second kappa shape index (κ2) is 6.59. The molecule has 0 bridgehead atoms. The van der Waals surface area contributed by atoms with Crippen molar-refractivity contribution in [3.63, 3.8) is 0 Å². The first-order valence-corrected chi connectivity index (χ1v) is 5.92. The topological polar surface area (TPSA) is 62.2 Å². The van der Waals surface area contributed by atoms with Gasteiger partial charge in [0.25, 0.3) is 5.91 Å². The van der Waals surface area contributed by atoms with E-state index >= 15 is 0 Å². The third kappa shape index (κ3) is 3.84. The van der Waals surface area contributed by atoms with E-state index in [1.807, 2.05) is 0 Å². The molecule has 0 atom stereocenters. The predicted molar refractivity (Wildman–Crippen MR) is 72.5 cm³/mol. The summed E-state index contributed by atoms with van der Waals surface area (Å²) >= 11 is 0. The van der Waals surface area contributed by atoms with Crippen LogP contribution in [0.3, 0.4) is 0 Å². The summed E-state index contributed by atoms with van der Waals surface area (Å²) in [5.74, 6) is 3.01. The van der Waals surface area contributed by atoms with Crippen molar-refractivity contribution >= 4 is 11.6 Å². The van der Waals surface area contributed by atoms with Crippen molar-refractivity contribution in [3.8, 4) is 11.8 Å². The zero-order chi connectivity index (χ0) is 15.2. The van der Waals surface area contributed by atoms with E-state index in [1.165, 1.54) is 18.2 Å². The van der Waals surface area contributed by atoms with Gasteiger partial charge in [0.05, 0.1) is 11.8 Å². The van der Waals surface area contributed by atoms with Crippen LogP contribution in [0.15, 0.2) is 36.5 Å². The Kier molecular flexibility index (Phi) is 4.59. The van der Waals surface area contributed by atoms with Crippen LogP contribution in [0.2, 0.25) is 0 Å². The number of carbonyl (C=O) groups is 1. The van der Waals surface area contributed by atoms with Gasteiger partial charge in [-0.2, -0.15) is 0 Å². The van der Waals surface area contributed by atoms with Crippen molar-refractivity contribution in [2.24, 2.45) is 0 Å². The van der Waals surface area contributed by atoms with Gasteiger partial charge >= 0.3 is 0 Å². The van der Waals surface area contributed by atoms with Crippen LogP contribution in [-0.2, 0) is 0 Å². The van der Waals surface area contributed by atoms with E-state index in [0.717, 1.165) is 18.3 Å². The van der Waals surface area contributed by atoms with Crippen LogP contribution in [0, 0.1) is 23.5 Å². The van der Waals surface area contributed by atoms with Crippen molar-refractivity contribution in [3.05, 3.63) is 59.4 Å². The lowest BCUT2D eigenvalue weighted by Gasteiger charge is -2.05. The Hall–Kier alpha value is -2.78. The molecule has 0 spiro atoms. The molecule has 2 rings (SSSR count). The average molecular weight is 288 g/mol. The highest BCUT2D eigenvalue weighted by Crippen LogP contribution is 2.14. The molecule has 21 heavy (non-hydrogen) atoms. The monoisotopic (exact) mass is 288 g/mol. The third-order valence-electron chi connectivity index (χ3n) is 2.49. The summed E-state index contributed by atoms with van der Waals surface area (Å²) in [5.41, 5.74) is 0.348. The van der Waals surface area contributed by atoms with Crippen molar-refractivity contribution in [2.45, 2.75) is 0 Å². The Bertz CT molecular complexity index is 719. The molecule has 2 N–H and O–H groups in total. The maximum atomic E-state index is 13.7. The Morgan fingerprint density at radius 1 is 1.29 bits per heavy atom. The Labute approximate surface area is 119 Å². The molecular weight excluding hydrogens is 278 g/mol. The fourth-order valence-electron chi connectivity index (χ4n) is 1.53. The zero-order valence-electron chi connectivity index (χ0n) is 10.7. The minimum Gasteiger partial charge on any atom is -0.384 e. The summed E-state index contributed by atoms with van der Waals surface area (Å²) in [6.45, 7) is -0.367. The maximum Gasteiger partial charge on any atom is 0.274 e. The number of aromatic nitrogens is 1. The Morgan fingerprint density at radius 2 is 2.10 bits per heavy atom. The number of aliphatic hydroxyl groups is 1. The summed E-state index contributed by atoms with van der Waals surface area (Å²) in [4.78, 5) is 15.4. The van der Waals surface area contributed by atoms with Gasteiger partial charge in [-0.15, -0.1) is 0 Å². The van der Waals surface area contributed by atoms with Gasteiger partial charge in [-0.3, -0.25) is 4.79 Å². The number of pyridine rings is 1. The van der Waals surface area contributed by atoms with Crippen LogP contribution in [0.4, 0.5) is 14.5 Å². The molecule has 0 radical (unpaired) electrons. The van der Waals surface area contributed by atoms with Crippen molar-refractivity contribution < 1.29 is 18.7 Å². The van der Waals surface area contributed by atoms with Gasteiger partial charge in [-0.05, 0) is 30.3 Å². The van der Waals surface area contributed by atoms with E-state index in [0.29, 0.717) is 0 Å². The number of rotatable bonds is 2.